The first kappa shape index (κ1) is 10.7. The highest BCUT2D eigenvalue weighted by atomic mass is 16.6. The molecule has 0 radical (unpaired) electrons. The number of nitrogen functional groups attached to an aromatic ring is 1. The van der Waals surface area contributed by atoms with Crippen LogP contribution in [0.4, 0.5) is 11.6 Å². The Hall–Kier alpha value is -1.85. The fraction of sp³-hybridized carbons (Fsp3) is 0.500. The average Bonchev–Trinajstić information content (AvgIpc) is 2.80. The molecular formula is C10H15N5O. The molecule has 6 heteroatoms. The van der Waals surface area contributed by atoms with Gasteiger partial charge in [0.05, 0.1) is 11.8 Å². The van der Waals surface area contributed by atoms with Crippen molar-refractivity contribution < 1.29 is 4.84 Å². The number of rotatable bonds is 3. The standard InChI is InChI=1S/C10H15N5O/c1-16-14-6-8-9(11)12-7-13-10(8)15-4-2-3-5-15/h6-7H,2-5H2,1H3,(H2,11,12,13). The number of nitrogens with two attached hydrogens (primary N) is 1. The van der Waals surface area contributed by atoms with Crippen molar-refractivity contribution in [2.24, 2.45) is 5.16 Å². The van der Waals surface area contributed by atoms with Gasteiger partial charge in [0.2, 0.25) is 0 Å². The number of hydrogen-bond acceptors (Lipinski definition) is 6. The molecule has 6 nitrogen and oxygen atoms in total. The maximum absolute atomic E-state index is 5.81. The topological polar surface area (TPSA) is 76.6 Å². The minimum absolute atomic E-state index is 0.428. The van der Waals surface area contributed by atoms with Crippen molar-refractivity contribution in [3.63, 3.8) is 0 Å². The van der Waals surface area contributed by atoms with Gasteiger partial charge >= 0.3 is 0 Å². The summed E-state index contributed by atoms with van der Waals surface area (Å²) in [5.74, 6) is 1.27. The third-order valence-electron chi connectivity index (χ3n) is 2.59. The third kappa shape index (κ3) is 2.05. The fourth-order valence-electron chi connectivity index (χ4n) is 1.81. The lowest BCUT2D eigenvalue weighted by Gasteiger charge is -2.18. The van der Waals surface area contributed by atoms with Crippen LogP contribution >= 0.6 is 0 Å². The Morgan fingerprint density at radius 1 is 1.44 bits per heavy atom. The van der Waals surface area contributed by atoms with Gasteiger partial charge in [-0.05, 0) is 12.8 Å². The zero-order valence-electron chi connectivity index (χ0n) is 9.26. The second kappa shape index (κ2) is 4.78. The monoisotopic (exact) mass is 221 g/mol. The second-order valence-corrected chi connectivity index (χ2v) is 3.61. The Morgan fingerprint density at radius 2 is 2.19 bits per heavy atom. The highest BCUT2D eigenvalue weighted by Gasteiger charge is 2.18. The van der Waals surface area contributed by atoms with Gasteiger partial charge in [0.1, 0.15) is 25.1 Å². The summed E-state index contributed by atoms with van der Waals surface area (Å²) in [6, 6.07) is 0. The van der Waals surface area contributed by atoms with E-state index in [1.54, 1.807) is 6.21 Å². The first-order valence-corrected chi connectivity index (χ1v) is 5.25. The van der Waals surface area contributed by atoms with Crippen LogP contribution in [0.2, 0.25) is 0 Å². The van der Waals surface area contributed by atoms with Crippen molar-refractivity contribution in [1.82, 2.24) is 9.97 Å². The number of anilines is 2. The molecule has 2 heterocycles. The summed E-state index contributed by atoms with van der Waals surface area (Å²) >= 11 is 0. The molecule has 2 N–H and O–H groups in total. The smallest absolute Gasteiger partial charge is 0.143 e. The zero-order valence-corrected chi connectivity index (χ0v) is 9.26. The second-order valence-electron chi connectivity index (χ2n) is 3.61. The molecule has 1 fully saturated rings. The van der Waals surface area contributed by atoms with Crippen molar-refractivity contribution >= 4 is 17.9 Å². The van der Waals surface area contributed by atoms with Gasteiger partial charge in [-0.3, -0.25) is 0 Å². The van der Waals surface area contributed by atoms with Crippen LogP contribution in [0.3, 0.4) is 0 Å². The summed E-state index contributed by atoms with van der Waals surface area (Å²) in [6.07, 6.45) is 5.41. The van der Waals surface area contributed by atoms with Gasteiger partial charge in [-0.1, -0.05) is 5.16 Å². The van der Waals surface area contributed by atoms with Crippen LogP contribution in [0.25, 0.3) is 0 Å². The molecule has 2 rings (SSSR count). The van der Waals surface area contributed by atoms with Gasteiger partial charge < -0.3 is 15.5 Å². The highest BCUT2D eigenvalue weighted by Crippen LogP contribution is 2.23. The number of nitrogens with zero attached hydrogens (tertiary/aromatic N) is 4. The van der Waals surface area contributed by atoms with E-state index >= 15 is 0 Å². The van der Waals surface area contributed by atoms with Crippen LogP contribution in [0.1, 0.15) is 18.4 Å². The molecule has 1 aromatic rings. The van der Waals surface area contributed by atoms with E-state index < -0.39 is 0 Å². The van der Waals surface area contributed by atoms with Crippen LogP contribution in [0.15, 0.2) is 11.5 Å². The quantitative estimate of drug-likeness (QED) is 0.598. The Balaban J connectivity index is 2.35. The largest absolute Gasteiger partial charge is 0.399 e. The van der Waals surface area contributed by atoms with E-state index in [0.29, 0.717) is 5.82 Å². The summed E-state index contributed by atoms with van der Waals surface area (Å²) < 4.78 is 0. The van der Waals surface area contributed by atoms with E-state index in [1.165, 1.54) is 26.3 Å². The SMILES string of the molecule is CON=Cc1c(N)ncnc1N1CCCC1. The van der Waals surface area contributed by atoms with Gasteiger partial charge in [0, 0.05) is 13.1 Å². The van der Waals surface area contributed by atoms with Gasteiger partial charge in [-0.2, -0.15) is 0 Å². The number of hydrogen-bond donors (Lipinski definition) is 1. The van der Waals surface area contributed by atoms with Gasteiger partial charge in [-0.15, -0.1) is 0 Å². The molecule has 0 amide bonds. The Labute approximate surface area is 94.1 Å². The average molecular weight is 221 g/mol. The predicted molar refractivity (Wildman–Crippen MR) is 62.5 cm³/mol. The Morgan fingerprint density at radius 3 is 2.88 bits per heavy atom. The highest BCUT2D eigenvalue weighted by molar-refractivity contribution is 5.91. The molecule has 0 bridgehead atoms. The summed E-state index contributed by atoms with van der Waals surface area (Å²) in [6.45, 7) is 2.01. The number of aromatic nitrogens is 2. The van der Waals surface area contributed by atoms with Crippen molar-refractivity contribution in [1.29, 1.82) is 0 Å². The molecule has 0 aliphatic carbocycles. The van der Waals surface area contributed by atoms with Gasteiger partial charge in [0.25, 0.3) is 0 Å². The molecular weight excluding hydrogens is 206 g/mol. The summed E-state index contributed by atoms with van der Waals surface area (Å²) in [7, 11) is 1.49. The predicted octanol–water partition coefficient (Wildman–Crippen LogP) is 0.639. The number of oxime groups is 1. The van der Waals surface area contributed by atoms with E-state index in [4.69, 9.17) is 5.73 Å². The lowest BCUT2D eigenvalue weighted by molar-refractivity contribution is 0.215. The minimum atomic E-state index is 0.428. The molecule has 1 aliphatic heterocycles. The first-order chi connectivity index (χ1) is 7.83. The Bertz CT molecular complexity index is 387. The van der Waals surface area contributed by atoms with Crippen LogP contribution in [0.5, 0.6) is 0 Å². The van der Waals surface area contributed by atoms with Crippen molar-refractivity contribution in [2.75, 3.05) is 30.8 Å². The summed E-state index contributed by atoms with van der Waals surface area (Å²) in [4.78, 5) is 15.1. The molecule has 1 saturated heterocycles. The normalized spacial score (nSPS) is 15.9. The van der Waals surface area contributed by atoms with Crippen molar-refractivity contribution in [3.8, 4) is 0 Å². The maximum Gasteiger partial charge on any atom is 0.143 e. The molecule has 0 atom stereocenters. The van der Waals surface area contributed by atoms with Gasteiger partial charge in [0.15, 0.2) is 0 Å². The first-order valence-electron chi connectivity index (χ1n) is 5.25. The molecule has 1 aliphatic rings. The molecule has 0 aromatic carbocycles. The lowest BCUT2D eigenvalue weighted by Crippen LogP contribution is -2.21. The van der Waals surface area contributed by atoms with Crippen LogP contribution < -0.4 is 10.6 Å². The molecule has 16 heavy (non-hydrogen) atoms. The molecule has 0 spiro atoms. The molecule has 86 valence electrons. The Kier molecular flexibility index (Phi) is 3.19. The minimum Gasteiger partial charge on any atom is -0.399 e. The summed E-state index contributed by atoms with van der Waals surface area (Å²) in [5.41, 5.74) is 6.53. The van der Waals surface area contributed by atoms with E-state index in [-0.39, 0.29) is 0 Å². The summed E-state index contributed by atoms with van der Waals surface area (Å²) in [5, 5.41) is 3.72. The third-order valence-corrected chi connectivity index (χ3v) is 2.59. The van der Waals surface area contributed by atoms with Crippen molar-refractivity contribution in [2.45, 2.75) is 12.8 Å². The van der Waals surface area contributed by atoms with Gasteiger partial charge in [-0.25, -0.2) is 9.97 Å². The fourth-order valence-corrected chi connectivity index (χ4v) is 1.81. The molecule has 0 unspecified atom stereocenters. The lowest BCUT2D eigenvalue weighted by atomic mass is 10.3. The van der Waals surface area contributed by atoms with Crippen LogP contribution in [-0.2, 0) is 4.84 Å². The van der Waals surface area contributed by atoms with E-state index in [2.05, 4.69) is 24.9 Å². The van der Waals surface area contributed by atoms with E-state index in [0.717, 1.165) is 24.5 Å². The van der Waals surface area contributed by atoms with Crippen LogP contribution in [-0.4, -0.2) is 36.4 Å². The van der Waals surface area contributed by atoms with Crippen molar-refractivity contribution in [3.05, 3.63) is 11.9 Å². The molecule has 0 saturated carbocycles. The van der Waals surface area contributed by atoms with Crippen LogP contribution in [0, 0.1) is 0 Å². The zero-order chi connectivity index (χ0) is 11.4. The molecule has 1 aromatic heterocycles. The maximum atomic E-state index is 5.81. The van der Waals surface area contributed by atoms with E-state index in [1.807, 2.05) is 0 Å². The van der Waals surface area contributed by atoms with E-state index in [9.17, 15) is 0 Å².